The molecule has 1 rings (SSSR count). The lowest BCUT2D eigenvalue weighted by atomic mass is 9.86. The van der Waals surface area contributed by atoms with Gasteiger partial charge in [-0.05, 0) is 55.5 Å². The molecular weight excluding hydrogens is 300 g/mol. The van der Waals surface area contributed by atoms with E-state index in [1.54, 1.807) is 0 Å². The fourth-order valence-electron chi connectivity index (χ4n) is 2.70. The topological polar surface area (TPSA) is 0 Å². The van der Waals surface area contributed by atoms with Crippen molar-refractivity contribution in [3.63, 3.8) is 0 Å². The van der Waals surface area contributed by atoms with E-state index in [2.05, 4.69) is 38.3 Å². The highest BCUT2D eigenvalue weighted by Crippen LogP contribution is 2.38. The minimum atomic E-state index is 0.742. The van der Waals surface area contributed by atoms with Crippen LogP contribution in [0.5, 0.6) is 0 Å². The number of halogens is 1. The van der Waals surface area contributed by atoms with Crippen LogP contribution in [-0.4, -0.2) is 0 Å². The molecular formula is C22H25Cl. The number of allylic oxidation sites excluding steroid dienone is 7. The van der Waals surface area contributed by atoms with Crippen LogP contribution in [0.1, 0.15) is 48.6 Å². The first-order valence-electron chi connectivity index (χ1n) is 7.76. The van der Waals surface area contributed by atoms with Crippen LogP contribution in [-0.2, 0) is 0 Å². The van der Waals surface area contributed by atoms with Gasteiger partial charge in [-0.2, -0.15) is 0 Å². The lowest BCUT2D eigenvalue weighted by Crippen LogP contribution is -2.00. The maximum atomic E-state index is 6.65. The van der Waals surface area contributed by atoms with Gasteiger partial charge in [-0.3, -0.25) is 0 Å². The highest BCUT2D eigenvalue weighted by atomic mass is 35.5. The van der Waals surface area contributed by atoms with Gasteiger partial charge in [0.05, 0.1) is 5.02 Å². The Kier molecular flexibility index (Phi) is 7.57. The Hall–Kier alpha value is -2.05. The lowest BCUT2D eigenvalue weighted by Gasteiger charge is -2.19. The van der Waals surface area contributed by atoms with Crippen molar-refractivity contribution in [2.75, 3.05) is 0 Å². The monoisotopic (exact) mass is 324 g/mol. The molecule has 0 bridgehead atoms. The van der Waals surface area contributed by atoms with Crippen LogP contribution >= 0.6 is 11.6 Å². The maximum Gasteiger partial charge on any atom is 0.0559 e. The number of benzene rings is 1. The van der Waals surface area contributed by atoms with E-state index in [1.165, 1.54) is 0 Å². The summed E-state index contributed by atoms with van der Waals surface area (Å²) < 4.78 is 0. The second-order valence-corrected chi connectivity index (χ2v) is 5.49. The van der Waals surface area contributed by atoms with Crippen LogP contribution in [0.2, 0.25) is 5.02 Å². The molecule has 0 fully saturated rings. The summed E-state index contributed by atoms with van der Waals surface area (Å²) in [6, 6.07) is 0. The SMILES string of the molecule is C=C/C=C(\C=C/C)c1c(C)c(/C=C\C)c(Cl)c(C=C)c1/C=C\C. The molecule has 0 saturated carbocycles. The number of hydrogen-bond acceptors (Lipinski definition) is 0. The smallest absolute Gasteiger partial charge is 0.0559 e. The third-order valence-corrected chi connectivity index (χ3v) is 4.02. The molecule has 0 aliphatic carbocycles. The molecule has 0 saturated heterocycles. The van der Waals surface area contributed by atoms with Crippen molar-refractivity contribution in [2.24, 2.45) is 0 Å². The molecule has 1 aromatic rings. The third-order valence-electron chi connectivity index (χ3n) is 3.61. The normalized spacial score (nSPS) is 12.7. The summed E-state index contributed by atoms with van der Waals surface area (Å²) in [4.78, 5) is 0. The van der Waals surface area contributed by atoms with Crippen molar-refractivity contribution in [3.8, 4) is 0 Å². The van der Waals surface area contributed by atoms with Gasteiger partial charge in [0, 0.05) is 5.56 Å². The first-order valence-corrected chi connectivity index (χ1v) is 8.14. The molecule has 0 aromatic heterocycles. The largest absolute Gasteiger partial charge is 0.0990 e. The van der Waals surface area contributed by atoms with E-state index in [0.717, 1.165) is 38.4 Å². The minimum absolute atomic E-state index is 0.742. The Labute approximate surface area is 145 Å². The van der Waals surface area contributed by atoms with Gasteiger partial charge in [-0.25, -0.2) is 0 Å². The van der Waals surface area contributed by atoms with Gasteiger partial charge >= 0.3 is 0 Å². The summed E-state index contributed by atoms with van der Waals surface area (Å²) in [7, 11) is 0. The molecule has 0 heterocycles. The maximum absolute atomic E-state index is 6.65. The third kappa shape index (κ3) is 4.03. The van der Waals surface area contributed by atoms with Crippen LogP contribution in [0.25, 0.3) is 23.8 Å². The standard InChI is InChI=1S/C22H25Cl/c1-7-12-17(13-8-2)21-16(6)19(14-9-3)22(23)18(11-5)20(21)15-10-4/h7-15H,1,5H2,2-4,6H3/b13-8-,14-9-,15-10-,17-12+. The van der Waals surface area contributed by atoms with Crippen molar-refractivity contribution in [1.29, 1.82) is 0 Å². The first-order chi connectivity index (χ1) is 11.1. The van der Waals surface area contributed by atoms with Gasteiger partial charge in [0.2, 0.25) is 0 Å². The zero-order valence-electron chi connectivity index (χ0n) is 14.5. The molecule has 0 atom stereocenters. The van der Waals surface area contributed by atoms with Crippen molar-refractivity contribution in [3.05, 3.63) is 82.5 Å². The van der Waals surface area contributed by atoms with Gasteiger partial charge in [-0.1, -0.05) is 79.4 Å². The summed E-state index contributed by atoms with van der Waals surface area (Å²) in [6.45, 7) is 15.9. The molecule has 0 aliphatic heterocycles. The van der Waals surface area contributed by atoms with Crippen LogP contribution in [0.4, 0.5) is 0 Å². The summed E-state index contributed by atoms with van der Waals surface area (Å²) in [5.41, 5.74) is 6.50. The Balaban J connectivity index is 4.05. The highest BCUT2D eigenvalue weighted by molar-refractivity contribution is 6.34. The highest BCUT2D eigenvalue weighted by Gasteiger charge is 2.18. The average Bonchev–Trinajstić information content (AvgIpc) is 2.52. The molecule has 0 amide bonds. The summed E-state index contributed by atoms with van der Waals surface area (Å²) >= 11 is 6.65. The van der Waals surface area contributed by atoms with Gasteiger partial charge in [-0.15, -0.1) is 0 Å². The van der Waals surface area contributed by atoms with Crippen LogP contribution < -0.4 is 0 Å². The molecule has 0 nitrogen and oxygen atoms in total. The lowest BCUT2D eigenvalue weighted by molar-refractivity contribution is 1.37. The van der Waals surface area contributed by atoms with E-state index in [4.69, 9.17) is 11.6 Å². The minimum Gasteiger partial charge on any atom is -0.0990 e. The molecule has 1 aromatic carbocycles. The van der Waals surface area contributed by atoms with Crippen molar-refractivity contribution < 1.29 is 0 Å². The number of rotatable bonds is 6. The van der Waals surface area contributed by atoms with Crippen molar-refractivity contribution in [1.82, 2.24) is 0 Å². The molecule has 0 unspecified atom stereocenters. The summed E-state index contributed by atoms with van der Waals surface area (Å²) in [5.74, 6) is 0. The summed E-state index contributed by atoms with van der Waals surface area (Å²) in [6.07, 6.45) is 18.0. The van der Waals surface area contributed by atoms with E-state index < -0.39 is 0 Å². The predicted molar refractivity (Wildman–Crippen MR) is 109 cm³/mol. The predicted octanol–water partition coefficient (Wildman–Crippen LogP) is 7.50. The zero-order valence-corrected chi connectivity index (χ0v) is 15.2. The van der Waals surface area contributed by atoms with Crippen LogP contribution in [0, 0.1) is 6.92 Å². The van der Waals surface area contributed by atoms with Crippen LogP contribution in [0.3, 0.4) is 0 Å². The van der Waals surface area contributed by atoms with E-state index in [9.17, 15) is 0 Å². The van der Waals surface area contributed by atoms with Gasteiger partial charge in [0.25, 0.3) is 0 Å². The van der Waals surface area contributed by atoms with E-state index in [0.29, 0.717) is 0 Å². The van der Waals surface area contributed by atoms with Gasteiger partial charge in [0.1, 0.15) is 0 Å². The summed E-state index contributed by atoms with van der Waals surface area (Å²) in [5, 5.41) is 0.742. The Bertz CT molecular complexity index is 710. The molecule has 0 N–H and O–H groups in total. The second kappa shape index (κ2) is 9.17. The van der Waals surface area contributed by atoms with Crippen molar-refractivity contribution in [2.45, 2.75) is 27.7 Å². The Morgan fingerprint density at radius 3 is 2.00 bits per heavy atom. The molecule has 0 spiro atoms. The number of hydrogen-bond donors (Lipinski definition) is 0. The Morgan fingerprint density at radius 1 is 0.913 bits per heavy atom. The van der Waals surface area contributed by atoms with Gasteiger partial charge in [0.15, 0.2) is 0 Å². The molecule has 0 aliphatic rings. The molecule has 120 valence electrons. The second-order valence-electron chi connectivity index (χ2n) is 5.12. The van der Waals surface area contributed by atoms with Gasteiger partial charge < -0.3 is 0 Å². The Morgan fingerprint density at radius 2 is 1.52 bits per heavy atom. The zero-order chi connectivity index (χ0) is 17.4. The molecule has 23 heavy (non-hydrogen) atoms. The first kappa shape index (κ1) is 19.0. The molecule has 1 heteroatoms. The van der Waals surface area contributed by atoms with Crippen molar-refractivity contribution >= 4 is 35.4 Å². The van der Waals surface area contributed by atoms with Crippen LogP contribution in [0.15, 0.2) is 49.6 Å². The van der Waals surface area contributed by atoms with E-state index in [1.807, 2.05) is 57.2 Å². The van der Waals surface area contributed by atoms with E-state index in [-0.39, 0.29) is 0 Å². The van der Waals surface area contributed by atoms with E-state index >= 15 is 0 Å². The quantitative estimate of drug-likeness (QED) is 0.475. The average molecular weight is 325 g/mol. The fourth-order valence-corrected chi connectivity index (χ4v) is 3.09. The fraction of sp³-hybridized carbons (Fsp3) is 0.182. The molecule has 0 radical (unpaired) electrons.